The average Bonchev–Trinajstić information content (AvgIpc) is 2.43. The van der Waals surface area contributed by atoms with Gasteiger partial charge in [0, 0.05) is 7.11 Å². The van der Waals surface area contributed by atoms with Crippen LogP contribution < -0.4 is 11.3 Å². The van der Waals surface area contributed by atoms with E-state index in [0.717, 1.165) is 12.8 Å². The van der Waals surface area contributed by atoms with Crippen LogP contribution in [0.3, 0.4) is 0 Å². The Bertz CT molecular complexity index is 326. The second-order valence-corrected chi connectivity index (χ2v) is 7.06. The van der Waals surface area contributed by atoms with Crippen LogP contribution in [0.4, 0.5) is 0 Å². The summed E-state index contributed by atoms with van der Waals surface area (Å²) in [5.41, 5.74) is 4.88. The molecule has 19 heavy (non-hydrogen) atoms. The smallest absolute Gasteiger partial charge is 0.0882 e. The van der Waals surface area contributed by atoms with Gasteiger partial charge in [-0.15, -0.1) is 0 Å². The first-order valence-electron chi connectivity index (χ1n) is 7.73. The predicted molar refractivity (Wildman–Crippen MR) is 79.7 cm³/mol. The summed E-state index contributed by atoms with van der Waals surface area (Å²) >= 11 is 0. The number of hydrazine groups is 1. The molecule has 0 bridgehead atoms. The van der Waals surface area contributed by atoms with Gasteiger partial charge in [0.2, 0.25) is 0 Å². The zero-order chi connectivity index (χ0) is 13.9. The normalized spacial score (nSPS) is 27.7. The molecule has 0 aromatic carbocycles. The number of allylic oxidation sites excluding steroid dienone is 1. The molecule has 1 unspecified atom stereocenters. The van der Waals surface area contributed by atoms with Crippen LogP contribution in [-0.2, 0) is 4.74 Å². The molecule has 0 amide bonds. The summed E-state index contributed by atoms with van der Waals surface area (Å²) in [4.78, 5) is 0. The van der Waals surface area contributed by atoms with Gasteiger partial charge in [-0.1, -0.05) is 25.5 Å². The molecule has 1 saturated carbocycles. The van der Waals surface area contributed by atoms with E-state index >= 15 is 0 Å². The molecule has 0 spiro atoms. The highest BCUT2D eigenvalue weighted by Crippen LogP contribution is 2.45. The van der Waals surface area contributed by atoms with Crippen molar-refractivity contribution in [3.8, 4) is 0 Å². The Hall–Kier alpha value is -0.380. The van der Waals surface area contributed by atoms with Crippen LogP contribution in [0.2, 0.25) is 0 Å². The lowest BCUT2D eigenvalue weighted by atomic mass is 9.66. The zero-order valence-electron chi connectivity index (χ0n) is 12.8. The van der Waals surface area contributed by atoms with Crippen LogP contribution in [0.15, 0.2) is 11.6 Å². The number of ether oxygens (including phenoxy) is 1. The quantitative estimate of drug-likeness (QED) is 0.466. The van der Waals surface area contributed by atoms with Crippen molar-refractivity contribution in [2.75, 3.05) is 7.11 Å². The van der Waals surface area contributed by atoms with Gasteiger partial charge in [-0.25, -0.2) is 0 Å². The minimum atomic E-state index is -0.104. The van der Waals surface area contributed by atoms with Gasteiger partial charge in [0.15, 0.2) is 0 Å². The van der Waals surface area contributed by atoms with E-state index in [9.17, 15) is 0 Å². The maximum absolute atomic E-state index is 6.00. The maximum atomic E-state index is 6.00. The summed E-state index contributed by atoms with van der Waals surface area (Å²) in [5, 5.41) is 0. The van der Waals surface area contributed by atoms with E-state index in [-0.39, 0.29) is 11.6 Å². The molecule has 0 radical (unpaired) electrons. The number of hydrogen-bond acceptors (Lipinski definition) is 3. The highest BCUT2D eigenvalue weighted by Gasteiger charge is 2.45. The van der Waals surface area contributed by atoms with Crippen molar-refractivity contribution in [3.05, 3.63) is 11.6 Å². The molecule has 3 N–H and O–H groups in total. The molecule has 2 aliphatic rings. The van der Waals surface area contributed by atoms with E-state index < -0.39 is 0 Å². The van der Waals surface area contributed by atoms with Crippen LogP contribution in [0.1, 0.15) is 65.2 Å². The molecule has 2 aliphatic carbocycles. The summed E-state index contributed by atoms with van der Waals surface area (Å²) in [5.74, 6) is 5.89. The van der Waals surface area contributed by atoms with Gasteiger partial charge >= 0.3 is 0 Å². The van der Waals surface area contributed by atoms with Gasteiger partial charge in [-0.05, 0) is 56.8 Å². The predicted octanol–water partition coefficient (Wildman–Crippen LogP) is 3.30. The van der Waals surface area contributed by atoms with Crippen LogP contribution >= 0.6 is 0 Å². The van der Waals surface area contributed by atoms with Gasteiger partial charge in [-0.3, -0.25) is 11.3 Å². The summed E-state index contributed by atoms with van der Waals surface area (Å²) in [6.07, 6.45) is 12.0. The first-order chi connectivity index (χ1) is 9.03. The monoisotopic (exact) mass is 266 g/mol. The van der Waals surface area contributed by atoms with Crippen molar-refractivity contribution in [1.82, 2.24) is 5.43 Å². The van der Waals surface area contributed by atoms with E-state index in [1.54, 1.807) is 0 Å². The highest BCUT2D eigenvalue weighted by molar-refractivity contribution is 5.20. The summed E-state index contributed by atoms with van der Waals surface area (Å²) in [6.45, 7) is 4.72. The fraction of sp³-hybridized carbons (Fsp3) is 0.875. The highest BCUT2D eigenvalue weighted by atomic mass is 16.5. The second kappa shape index (κ2) is 5.94. The van der Waals surface area contributed by atoms with Crippen molar-refractivity contribution in [2.24, 2.45) is 11.3 Å². The molecular formula is C16H30N2O. The first-order valence-corrected chi connectivity index (χ1v) is 7.73. The average molecular weight is 266 g/mol. The van der Waals surface area contributed by atoms with Gasteiger partial charge in [0.25, 0.3) is 0 Å². The SMILES string of the molecule is COC1(C(NN)C2=CCCCC2)CCC(C)(C)CC1. The van der Waals surface area contributed by atoms with Crippen LogP contribution in [-0.4, -0.2) is 18.8 Å². The van der Waals surface area contributed by atoms with Crippen molar-refractivity contribution in [1.29, 1.82) is 0 Å². The molecule has 3 heteroatoms. The summed E-state index contributed by atoms with van der Waals surface area (Å²) < 4.78 is 6.00. The molecule has 1 fully saturated rings. The molecule has 0 heterocycles. The fourth-order valence-corrected chi connectivity index (χ4v) is 3.68. The molecule has 0 aromatic heterocycles. The van der Waals surface area contributed by atoms with Crippen molar-refractivity contribution in [3.63, 3.8) is 0 Å². The number of methoxy groups -OCH3 is 1. The first kappa shape index (κ1) is 15.0. The second-order valence-electron chi connectivity index (χ2n) is 7.06. The molecular weight excluding hydrogens is 236 g/mol. The Balaban J connectivity index is 2.16. The Morgan fingerprint density at radius 2 is 1.89 bits per heavy atom. The Labute approximate surface area is 117 Å². The number of rotatable bonds is 4. The topological polar surface area (TPSA) is 47.3 Å². The summed E-state index contributed by atoms with van der Waals surface area (Å²) in [6, 6.07) is 0.189. The number of hydrogen-bond donors (Lipinski definition) is 2. The maximum Gasteiger partial charge on any atom is 0.0882 e. The zero-order valence-corrected chi connectivity index (χ0v) is 12.8. The third-order valence-electron chi connectivity index (χ3n) is 5.25. The number of nitrogens with two attached hydrogens (primary N) is 1. The molecule has 110 valence electrons. The van der Waals surface area contributed by atoms with Gasteiger partial charge in [0.1, 0.15) is 0 Å². The van der Waals surface area contributed by atoms with E-state index in [4.69, 9.17) is 10.6 Å². The molecule has 1 atom stereocenters. The van der Waals surface area contributed by atoms with Crippen LogP contribution in [0, 0.1) is 5.41 Å². The Morgan fingerprint density at radius 3 is 2.37 bits per heavy atom. The third kappa shape index (κ3) is 3.21. The Kier molecular flexibility index (Phi) is 4.70. The lowest BCUT2D eigenvalue weighted by molar-refractivity contribution is -0.0791. The van der Waals surface area contributed by atoms with Crippen LogP contribution in [0.25, 0.3) is 0 Å². The van der Waals surface area contributed by atoms with Crippen molar-refractivity contribution >= 4 is 0 Å². The summed E-state index contributed by atoms with van der Waals surface area (Å²) in [7, 11) is 1.85. The van der Waals surface area contributed by atoms with E-state index in [2.05, 4.69) is 25.3 Å². The number of nitrogens with one attached hydrogen (secondary N) is 1. The van der Waals surface area contributed by atoms with Crippen molar-refractivity contribution < 1.29 is 4.74 Å². The van der Waals surface area contributed by atoms with Gasteiger partial charge in [0.05, 0.1) is 11.6 Å². The molecule has 2 rings (SSSR count). The minimum Gasteiger partial charge on any atom is -0.376 e. The van der Waals surface area contributed by atoms with Crippen LogP contribution in [0.5, 0.6) is 0 Å². The van der Waals surface area contributed by atoms with Crippen molar-refractivity contribution in [2.45, 2.75) is 76.9 Å². The van der Waals surface area contributed by atoms with E-state index in [1.165, 1.54) is 44.1 Å². The largest absolute Gasteiger partial charge is 0.376 e. The van der Waals surface area contributed by atoms with Gasteiger partial charge < -0.3 is 4.74 Å². The standard InChI is InChI=1S/C16H30N2O/c1-15(2)9-11-16(19-3,12-10-15)14(18-17)13-7-5-4-6-8-13/h7,14,18H,4-6,8-12,17H2,1-3H3. The third-order valence-corrected chi connectivity index (χ3v) is 5.25. The minimum absolute atomic E-state index is 0.104. The molecule has 0 saturated heterocycles. The fourth-order valence-electron chi connectivity index (χ4n) is 3.68. The molecule has 0 aromatic rings. The van der Waals surface area contributed by atoms with Gasteiger partial charge in [-0.2, -0.15) is 0 Å². The van der Waals surface area contributed by atoms with E-state index in [1.807, 2.05) is 7.11 Å². The molecule has 0 aliphatic heterocycles. The Morgan fingerprint density at radius 1 is 1.21 bits per heavy atom. The molecule has 3 nitrogen and oxygen atoms in total. The lowest BCUT2D eigenvalue weighted by Crippen LogP contribution is -2.57. The van der Waals surface area contributed by atoms with E-state index in [0.29, 0.717) is 5.41 Å². The lowest BCUT2D eigenvalue weighted by Gasteiger charge is -2.47.